The summed E-state index contributed by atoms with van der Waals surface area (Å²) in [4.78, 5) is 52.8. The Hall–Kier alpha value is -5.14. The number of allylic oxidation sites excluding steroid dienone is 1. The second-order valence-electron chi connectivity index (χ2n) is 9.16. The molecule has 0 unspecified atom stereocenters. The van der Waals surface area contributed by atoms with Crippen LogP contribution in [-0.2, 0) is 9.53 Å². The van der Waals surface area contributed by atoms with Gasteiger partial charge in [0.1, 0.15) is 11.8 Å². The number of hydrogen-bond donors (Lipinski definition) is 0. The molecule has 1 aromatic heterocycles. The fourth-order valence-corrected chi connectivity index (χ4v) is 5.86. The molecule has 0 spiro atoms. The predicted octanol–water partition coefficient (Wildman–Crippen LogP) is 5.06. The molecule has 0 saturated heterocycles. The first-order valence-electron chi connectivity index (χ1n) is 12.7. The summed E-state index contributed by atoms with van der Waals surface area (Å²) in [6.07, 6.45) is 1.61. The zero-order valence-electron chi connectivity index (χ0n) is 22.6. The van der Waals surface area contributed by atoms with Gasteiger partial charge in [0.2, 0.25) is 5.75 Å². The van der Waals surface area contributed by atoms with Crippen LogP contribution < -0.4 is 19.6 Å². The lowest BCUT2D eigenvalue weighted by molar-refractivity contribution is -0.394. The minimum atomic E-state index is -0.872. The third-order valence-corrected chi connectivity index (χ3v) is 7.78. The van der Waals surface area contributed by atoms with Crippen molar-refractivity contribution < 1.29 is 24.1 Å². The van der Waals surface area contributed by atoms with Crippen molar-refractivity contribution in [3.05, 3.63) is 134 Å². The van der Waals surface area contributed by atoms with Gasteiger partial charge < -0.3 is 9.47 Å². The molecule has 3 aromatic carbocycles. The van der Waals surface area contributed by atoms with Crippen LogP contribution in [0.1, 0.15) is 31.0 Å². The van der Waals surface area contributed by atoms with Gasteiger partial charge in [-0.3, -0.25) is 29.6 Å². The third kappa shape index (κ3) is 5.80. The second kappa shape index (κ2) is 12.0. The largest absolute Gasteiger partial charge is 0.463 e. The Bertz CT molecular complexity index is 2020. The fourth-order valence-electron chi connectivity index (χ4n) is 4.58. The van der Waals surface area contributed by atoms with E-state index in [4.69, 9.17) is 21.1 Å². The minimum absolute atomic E-state index is 0.136. The normalized spacial score (nSPS) is 14.6. The first-order valence-corrected chi connectivity index (χ1v) is 13.9. The van der Waals surface area contributed by atoms with Crippen molar-refractivity contribution in [1.82, 2.24) is 4.57 Å². The molecule has 1 aliphatic heterocycles. The van der Waals surface area contributed by atoms with Crippen molar-refractivity contribution in [3.8, 4) is 11.5 Å². The van der Waals surface area contributed by atoms with Crippen molar-refractivity contribution in [1.29, 1.82) is 0 Å². The Morgan fingerprint density at radius 2 is 1.86 bits per heavy atom. The van der Waals surface area contributed by atoms with Crippen LogP contribution in [0.4, 0.5) is 11.4 Å². The summed E-state index contributed by atoms with van der Waals surface area (Å²) in [6.45, 7) is 3.49. The maximum Gasteiger partial charge on any atom is 0.338 e. The summed E-state index contributed by atoms with van der Waals surface area (Å²) >= 11 is 7.65. The van der Waals surface area contributed by atoms with E-state index >= 15 is 0 Å². The maximum absolute atomic E-state index is 13.8. The summed E-state index contributed by atoms with van der Waals surface area (Å²) in [5.41, 5.74) is 0.239. The molecule has 5 rings (SSSR count). The molecule has 0 fully saturated rings. The van der Waals surface area contributed by atoms with Crippen LogP contribution in [0.5, 0.6) is 11.5 Å². The predicted molar refractivity (Wildman–Crippen MR) is 158 cm³/mol. The molecule has 218 valence electrons. The van der Waals surface area contributed by atoms with Crippen LogP contribution in [0.2, 0.25) is 5.02 Å². The van der Waals surface area contributed by atoms with Gasteiger partial charge >= 0.3 is 11.7 Å². The van der Waals surface area contributed by atoms with E-state index in [0.29, 0.717) is 31.2 Å². The summed E-state index contributed by atoms with van der Waals surface area (Å²) in [7, 11) is 0. The van der Waals surface area contributed by atoms with Gasteiger partial charge in [0, 0.05) is 11.1 Å². The lowest BCUT2D eigenvalue weighted by Crippen LogP contribution is -2.40. The number of benzene rings is 3. The lowest BCUT2D eigenvalue weighted by Gasteiger charge is -2.25. The molecule has 2 heterocycles. The Kier molecular flexibility index (Phi) is 8.19. The van der Waals surface area contributed by atoms with E-state index in [0.717, 1.165) is 29.5 Å². The van der Waals surface area contributed by atoms with Crippen molar-refractivity contribution in [2.24, 2.45) is 4.99 Å². The van der Waals surface area contributed by atoms with E-state index < -0.39 is 38.8 Å². The minimum Gasteiger partial charge on any atom is -0.463 e. The number of esters is 1. The summed E-state index contributed by atoms with van der Waals surface area (Å²) in [6, 6.07) is 15.6. The lowest BCUT2D eigenvalue weighted by atomic mass is 9.96. The molecule has 14 heteroatoms. The smallest absolute Gasteiger partial charge is 0.338 e. The highest BCUT2D eigenvalue weighted by atomic mass is 35.5. The average Bonchev–Trinajstić information content (AvgIpc) is 3.26. The van der Waals surface area contributed by atoms with Gasteiger partial charge in [0.25, 0.3) is 11.2 Å². The molecule has 12 nitrogen and oxygen atoms in total. The summed E-state index contributed by atoms with van der Waals surface area (Å²) < 4.78 is 12.7. The van der Waals surface area contributed by atoms with Gasteiger partial charge in [-0.05, 0) is 55.3 Å². The number of carbonyl (C=O) groups excluding carboxylic acids is 1. The van der Waals surface area contributed by atoms with Crippen molar-refractivity contribution in [2.45, 2.75) is 19.9 Å². The summed E-state index contributed by atoms with van der Waals surface area (Å²) in [5.74, 6) is -0.588. The van der Waals surface area contributed by atoms with Crippen molar-refractivity contribution >= 4 is 46.4 Å². The van der Waals surface area contributed by atoms with Gasteiger partial charge in [-0.1, -0.05) is 53.3 Å². The highest BCUT2D eigenvalue weighted by Gasteiger charge is 2.34. The highest BCUT2D eigenvalue weighted by molar-refractivity contribution is 7.07. The highest BCUT2D eigenvalue weighted by Crippen LogP contribution is 2.36. The number of aromatic nitrogens is 1. The topological polar surface area (TPSA) is 156 Å². The van der Waals surface area contributed by atoms with Crippen molar-refractivity contribution in [3.63, 3.8) is 0 Å². The first kappa shape index (κ1) is 29.4. The van der Waals surface area contributed by atoms with Crippen LogP contribution >= 0.6 is 22.9 Å². The zero-order valence-corrected chi connectivity index (χ0v) is 24.1. The van der Waals surface area contributed by atoms with E-state index in [9.17, 15) is 29.8 Å². The molecular formula is C29H21ClN4O8S. The Balaban J connectivity index is 1.58. The van der Waals surface area contributed by atoms with E-state index in [1.807, 2.05) is 0 Å². The standard InChI is InChI=1S/C29H21ClN4O8S/c1-3-41-28(36)25-16(2)31-29-32(26(25)20-9-4-5-10-21(20)30)27(35)24(43-29)14-17-7-6-8-19(13-17)42-23-12-11-18(33(37)38)15-22(23)34(39)40/h4-15,26H,3H2,1-2H3/b24-14-/t26-/m0/s1. The second-order valence-corrected chi connectivity index (χ2v) is 10.6. The number of fused-ring (bicyclic) bond motifs is 1. The molecule has 0 bridgehead atoms. The SMILES string of the molecule is CCOC(=O)C1=C(C)N=c2s/c(=C\c3cccc(Oc4ccc([N+](=O)[O-])cc4[N+](=O)[O-])c3)c(=O)n2[C@H]1c1ccccc1Cl. The summed E-state index contributed by atoms with van der Waals surface area (Å²) in [5, 5.41) is 22.9. The number of hydrogen-bond acceptors (Lipinski definition) is 10. The van der Waals surface area contributed by atoms with E-state index in [1.165, 1.54) is 4.57 Å². The molecule has 0 N–H and O–H groups in total. The van der Waals surface area contributed by atoms with Gasteiger partial charge in [-0.2, -0.15) is 0 Å². The fraction of sp³-hybridized carbons (Fsp3) is 0.138. The van der Waals surface area contributed by atoms with Crippen molar-refractivity contribution in [2.75, 3.05) is 6.61 Å². The quantitative estimate of drug-likeness (QED) is 0.150. The average molecular weight is 621 g/mol. The molecule has 0 radical (unpaired) electrons. The van der Waals surface area contributed by atoms with Crippen LogP contribution in [0.15, 0.2) is 87.8 Å². The molecular weight excluding hydrogens is 600 g/mol. The molecule has 1 aliphatic rings. The zero-order chi connectivity index (χ0) is 30.8. The number of thiazole rings is 1. The Morgan fingerprint density at radius 1 is 1.09 bits per heavy atom. The number of non-ortho nitro benzene ring substituents is 1. The van der Waals surface area contributed by atoms with Gasteiger partial charge in [-0.25, -0.2) is 9.79 Å². The molecule has 0 amide bonds. The number of nitro groups is 2. The molecule has 4 aromatic rings. The Labute approximate surface area is 251 Å². The molecule has 0 aliphatic carbocycles. The van der Waals surface area contributed by atoms with Gasteiger partial charge in [0.15, 0.2) is 4.80 Å². The number of carbonyl (C=O) groups is 1. The van der Waals surface area contributed by atoms with E-state index in [1.54, 1.807) is 68.5 Å². The molecule has 1 atom stereocenters. The van der Waals surface area contributed by atoms with Crippen LogP contribution in [-0.4, -0.2) is 27.0 Å². The van der Waals surface area contributed by atoms with Crippen LogP contribution in [0.3, 0.4) is 0 Å². The first-order chi connectivity index (χ1) is 20.6. The number of nitrogens with zero attached hydrogens (tertiary/aromatic N) is 4. The van der Waals surface area contributed by atoms with Gasteiger partial charge in [0.05, 0.1) is 38.3 Å². The Morgan fingerprint density at radius 3 is 2.56 bits per heavy atom. The maximum atomic E-state index is 13.8. The molecule has 43 heavy (non-hydrogen) atoms. The van der Waals surface area contributed by atoms with Gasteiger partial charge in [-0.15, -0.1) is 0 Å². The third-order valence-electron chi connectivity index (χ3n) is 6.45. The van der Waals surface area contributed by atoms with Crippen LogP contribution in [0.25, 0.3) is 6.08 Å². The number of nitro benzene ring substituents is 2. The number of halogens is 1. The van der Waals surface area contributed by atoms with E-state index in [-0.39, 0.29) is 23.7 Å². The monoisotopic (exact) mass is 620 g/mol. The van der Waals surface area contributed by atoms with E-state index in [2.05, 4.69) is 4.99 Å². The molecule has 0 saturated carbocycles. The van der Waals surface area contributed by atoms with Crippen LogP contribution in [0, 0.1) is 20.2 Å². The number of ether oxygens (including phenoxy) is 2. The number of rotatable bonds is 8.